The SMILES string of the molecule is COc1cc(-c2cn(Cc3cccnn3)nn2)c2cn[nH]c2c1. The highest BCUT2D eigenvalue weighted by Gasteiger charge is 2.12. The second-order valence-electron chi connectivity index (χ2n) is 5.02. The van der Waals surface area contributed by atoms with Gasteiger partial charge in [0.05, 0.1) is 37.3 Å². The summed E-state index contributed by atoms with van der Waals surface area (Å²) in [6, 6.07) is 7.57. The summed E-state index contributed by atoms with van der Waals surface area (Å²) >= 11 is 0. The first kappa shape index (κ1) is 13.4. The van der Waals surface area contributed by atoms with E-state index in [2.05, 4.69) is 30.7 Å². The van der Waals surface area contributed by atoms with Crippen LogP contribution in [0.2, 0.25) is 0 Å². The van der Waals surface area contributed by atoms with E-state index in [9.17, 15) is 0 Å². The third-order valence-electron chi connectivity index (χ3n) is 3.53. The minimum Gasteiger partial charge on any atom is -0.497 e. The van der Waals surface area contributed by atoms with Crippen LogP contribution in [0, 0.1) is 0 Å². The van der Waals surface area contributed by atoms with E-state index in [1.165, 1.54) is 0 Å². The van der Waals surface area contributed by atoms with E-state index in [0.717, 1.165) is 33.6 Å². The van der Waals surface area contributed by atoms with Gasteiger partial charge in [-0.25, -0.2) is 4.68 Å². The fraction of sp³-hybridized carbons (Fsp3) is 0.133. The molecule has 23 heavy (non-hydrogen) atoms. The number of hydrogen-bond acceptors (Lipinski definition) is 6. The van der Waals surface area contributed by atoms with E-state index in [4.69, 9.17) is 4.74 Å². The average molecular weight is 307 g/mol. The molecular weight excluding hydrogens is 294 g/mol. The number of rotatable bonds is 4. The predicted molar refractivity (Wildman–Crippen MR) is 82.8 cm³/mol. The molecule has 0 atom stereocenters. The Bertz CT molecular complexity index is 945. The summed E-state index contributed by atoms with van der Waals surface area (Å²) in [7, 11) is 1.63. The number of aromatic nitrogens is 7. The largest absolute Gasteiger partial charge is 0.497 e. The zero-order valence-corrected chi connectivity index (χ0v) is 12.3. The Morgan fingerprint density at radius 3 is 3.04 bits per heavy atom. The summed E-state index contributed by atoms with van der Waals surface area (Å²) in [5, 5.41) is 24.3. The van der Waals surface area contributed by atoms with Crippen molar-refractivity contribution in [2.45, 2.75) is 6.54 Å². The van der Waals surface area contributed by atoms with Crippen LogP contribution in [0.3, 0.4) is 0 Å². The first-order chi connectivity index (χ1) is 11.3. The number of aromatic amines is 1. The summed E-state index contributed by atoms with van der Waals surface area (Å²) < 4.78 is 7.06. The number of ether oxygens (including phenoxy) is 1. The van der Waals surface area contributed by atoms with E-state index >= 15 is 0 Å². The van der Waals surface area contributed by atoms with E-state index in [-0.39, 0.29) is 0 Å². The molecule has 4 rings (SSSR count). The van der Waals surface area contributed by atoms with Crippen molar-refractivity contribution in [1.29, 1.82) is 0 Å². The molecule has 0 bridgehead atoms. The second kappa shape index (κ2) is 5.48. The van der Waals surface area contributed by atoms with Gasteiger partial charge in [0.15, 0.2) is 0 Å². The van der Waals surface area contributed by atoms with Gasteiger partial charge in [-0.05, 0) is 18.2 Å². The molecule has 0 aliphatic rings. The molecule has 0 amide bonds. The molecule has 0 spiro atoms. The molecule has 0 saturated heterocycles. The van der Waals surface area contributed by atoms with E-state index < -0.39 is 0 Å². The van der Waals surface area contributed by atoms with Gasteiger partial charge in [-0.1, -0.05) is 5.21 Å². The zero-order valence-electron chi connectivity index (χ0n) is 12.3. The lowest BCUT2D eigenvalue weighted by molar-refractivity contribution is 0.415. The third kappa shape index (κ3) is 2.50. The maximum absolute atomic E-state index is 5.34. The van der Waals surface area contributed by atoms with Crippen LogP contribution < -0.4 is 4.74 Å². The molecule has 8 nitrogen and oxygen atoms in total. The van der Waals surface area contributed by atoms with Crippen LogP contribution in [0.25, 0.3) is 22.2 Å². The van der Waals surface area contributed by atoms with Gasteiger partial charge < -0.3 is 4.74 Å². The Hall–Kier alpha value is -3.29. The Morgan fingerprint density at radius 1 is 1.26 bits per heavy atom. The highest BCUT2D eigenvalue weighted by Crippen LogP contribution is 2.30. The van der Waals surface area contributed by atoms with Crippen molar-refractivity contribution >= 4 is 10.9 Å². The number of nitrogens with one attached hydrogen (secondary N) is 1. The lowest BCUT2D eigenvalue weighted by atomic mass is 10.1. The van der Waals surface area contributed by atoms with Crippen molar-refractivity contribution in [3.63, 3.8) is 0 Å². The molecule has 8 heteroatoms. The predicted octanol–water partition coefficient (Wildman–Crippen LogP) is 1.67. The fourth-order valence-electron chi connectivity index (χ4n) is 2.44. The average Bonchev–Trinajstić information content (AvgIpc) is 3.24. The molecule has 0 aliphatic heterocycles. The van der Waals surface area contributed by atoms with Crippen LogP contribution in [0.1, 0.15) is 5.69 Å². The number of fused-ring (bicyclic) bond motifs is 1. The van der Waals surface area contributed by atoms with Gasteiger partial charge in [-0.3, -0.25) is 5.10 Å². The first-order valence-electron chi connectivity index (χ1n) is 7.01. The van der Waals surface area contributed by atoms with E-state index in [1.807, 2.05) is 30.5 Å². The van der Waals surface area contributed by atoms with Crippen LogP contribution >= 0.6 is 0 Å². The van der Waals surface area contributed by atoms with Gasteiger partial charge in [0.25, 0.3) is 0 Å². The summed E-state index contributed by atoms with van der Waals surface area (Å²) in [6.07, 6.45) is 5.28. The van der Waals surface area contributed by atoms with Crippen LogP contribution in [-0.4, -0.2) is 42.5 Å². The van der Waals surface area contributed by atoms with Gasteiger partial charge >= 0.3 is 0 Å². The summed E-state index contributed by atoms with van der Waals surface area (Å²) in [5.41, 5.74) is 3.38. The first-order valence-corrected chi connectivity index (χ1v) is 7.01. The normalized spacial score (nSPS) is 11.0. The standard InChI is InChI=1S/C15H13N7O/c1-23-11-5-12(13-7-17-19-14(13)6-11)15-9-22(21-20-15)8-10-3-2-4-16-18-10/h2-7,9H,8H2,1H3,(H,17,19). The minimum atomic E-state index is 0.513. The summed E-state index contributed by atoms with van der Waals surface area (Å²) in [5.74, 6) is 0.736. The maximum atomic E-state index is 5.34. The smallest absolute Gasteiger partial charge is 0.121 e. The third-order valence-corrected chi connectivity index (χ3v) is 3.53. The molecule has 0 fully saturated rings. The second-order valence-corrected chi connectivity index (χ2v) is 5.02. The van der Waals surface area contributed by atoms with Crippen molar-refractivity contribution in [3.05, 3.63) is 48.5 Å². The molecule has 0 radical (unpaired) electrons. The van der Waals surface area contributed by atoms with Crippen LogP contribution in [0.15, 0.2) is 42.9 Å². The van der Waals surface area contributed by atoms with Crippen LogP contribution in [-0.2, 0) is 6.54 Å². The molecule has 1 N–H and O–H groups in total. The Kier molecular flexibility index (Phi) is 3.19. The number of hydrogen-bond donors (Lipinski definition) is 1. The molecule has 114 valence electrons. The molecular formula is C15H13N7O. The lowest BCUT2D eigenvalue weighted by Crippen LogP contribution is -2.02. The van der Waals surface area contributed by atoms with Crippen molar-refractivity contribution in [2.24, 2.45) is 0 Å². The van der Waals surface area contributed by atoms with Gasteiger partial charge in [0, 0.05) is 23.2 Å². The molecule has 1 aromatic carbocycles. The Morgan fingerprint density at radius 2 is 2.22 bits per heavy atom. The quantitative estimate of drug-likeness (QED) is 0.616. The van der Waals surface area contributed by atoms with Gasteiger partial charge in [-0.15, -0.1) is 5.10 Å². The molecule has 4 aromatic rings. The highest BCUT2D eigenvalue weighted by molar-refractivity contribution is 5.94. The lowest BCUT2D eigenvalue weighted by Gasteiger charge is -2.03. The van der Waals surface area contributed by atoms with Crippen LogP contribution in [0.4, 0.5) is 0 Å². The fourth-order valence-corrected chi connectivity index (χ4v) is 2.44. The zero-order chi connectivity index (χ0) is 15.6. The molecule has 3 aromatic heterocycles. The molecule has 0 aliphatic carbocycles. The summed E-state index contributed by atoms with van der Waals surface area (Å²) in [6.45, 7) is 0.513. The van der Waals surface area contributed by atoms with Crippen molar-refractivity contribution in [2.75, 3.05) is 7.11 Å². The molecule has 0 saturated carbocycles. The number of benzene rings is 1. The molecule has 0 unspecified atom stereocenters. The molecule has 3 heterocycles. The van der Waals surface area contributed by atoms with Crippen molar-refractivity contribution in [3.8, 4) is 17.0 Å². The number of H-pyrrole nitrogens is 1. The minimum absolute atomic E-state index is 0.513. The van der Waals surface area contributed by atoms with Gasteiger partial charge in [-0.2, -0.15) is 15.3 Å². The Labute approximate surface area is 131 Å². The summed E-state index contributed by atoms with van der Waals surface area (Å²) in [4.78, 5) is 0. The number of methoxy groups -OCH3 is 1. The van der Waals surface area contributed by atoms with E-state index in [1.54, 1.807) is 24.2 Å². The highest BCUT2D eigenvalue weighted by atomic mass is 16.5. The van der Waals surface area contributed by atoms with Gasteiger partial charge in [0.1, 0.15) is 11.4 Å². The van der Waals surface area contributed by atoms with Crippen LogP contribution in [0.5, 0.6) is 5.75 Å². The Balaban J connectivity index is 1.73. The van der Waals surface area contributed by atoms with Gasteiger partial charge in [0.2, 0.25) is 0 Å². The van der Waals surface area contributed by atoms with E-state index in [0.29, 0.717) is 6.54 Å². The van der Waals surface area contributed by atoms with Crippen molar-refractivity contribution in [1.82, 2.24) is 35.4 Å². The topological polar surface area (TPSA) is 94.4 Å². The monoisotopic (exact) mass is 307 g/mol. The number of nitrogens with zero attached hydrogens (tertiary/aromatic N) is 6. The van der Waals surface area contributed by atoms with Crippen molar-refractivity contribution < 1.29 is 4.74 Å². The maximum Gasteiger partial charge on any atom is 0.121 e.